The zero-order valence-electron chi connectivity index (χ0n) is 13.6. The van der Waals surface area contributed by atoms with Gasteiger partial charge < -0.3 is 15.2 Å². The lowest BCUT2D eigenvalue weighted by atomic mass is 9.96. The van der Waals surface area contributed by atoms with E-state index in [1.807, 2.05) is 18.3 Å². The van der Waals surface area contributed by atoms with E-state index in [1.165, 1.54) is 0 Å². The van der Waals surface area contributed by atoms with E-state index >= 15 is 0 Å². The molecule has 0 bridgehead atoms. The van der Waals surface area contributed by atoms with Crippen LogP contribution in [0.25, 0.3) is 21.8 Å². The lowest BCUT2D eigenvalue weighted by molar-refractivity contribution is -0.125. The second-order valence-electron chi connectivity index (χ2n) is 6.16. The molecule has 1 aliphatic heterocycles. The summed E-state index contributed by atoms with van der Waals surface area (Å²) < 4.78 is 0. The van der Waals surface area contributed by atoms with Gasteiger partial charge in [0.05, 0.1) is 18.2 Å². The summed E-state index contributed by atoms with van der Waals surface area (Å²) in [6, 6.07) is 3.93. The lowest BCUT2D eigenvalue weighted by Gasteiger charge is -2.33. The minimum Gasteiger partial charge on any atom is -0.354 e. The van der Waals surface area contributed by atoms with Crippen molar-refractivity contribution < 1.29 is 4.79 Å². The number of nitriles is 1. The van der Waals surface area contributed by atoms with Crippen molar-refractivity contribution in [2.24, 2.45) is 5.92 Å². The number of pyridine rings is 1. The summed E-state index contributed by atoms with van der Waals surface area (Å²) in [5.74, 6) is 0.554. The van der Waals surface area contributed by atoms with Crippen LogP contribution in [0, 0.1) is 17.2 Å². The molecule has 0 aliphatic carbocycles. The molecule has 8 heteroatoms. The number of nitrogens with zero attached hydrogens (tertiary/aromatic N) is 5. The summed E-state index contributed by atoms with van der Waals surface area (Å²) in [4.78, 5) is 21.9. The van der Waals surface area contributed by atoms with Gasteiger partial charge in [0.2, 0.25) is 5.91 Å². The van der Waals surface area contributed by atoms with Gasteiger partial charge in [0, 0.05) is 41.6 Å². The van der Waals surface area contributed by atoms with Crippen LogP contribution >= 0.6 is 0 Å². The van der Waals surface area contributed by atoms with E-state index in [0.717, 1.165) is 47.0 Å². The van der Waals surface area contributed by atoms with Crippen LogP contribution in [0.2, 0.25) is 0 Å². The number of hydrogen-bond donors (Lipinski definition) is 2. The van der Waals surface area contributed by atoms with Gasteiger partial charge in [0.15, 0.2) is 5.82 Å². The number of piperidine rings is 1. The van der Waals surface area contributed by atoms with Gasteiger partial charge in [0.25, 0.3) is 0 Å². The number of aromatic amines is 1. The van der Waals surface area contributed by atoms with Crippen molar-refractivity contribution in [2.75, 3.05) is 24.5 Å². The Hall–Kier alpha value is -3.21. The number of fused-ring (bicyclic) bond motifs is 3. The van der Waals surface area contributed by atoms with Crippen molar-refractivity contribution in [1.29, 1.82) is 5.26 Å². The lowest BCUT2D eigenvalue weighted by Crippen LogP contribution is -2.43. The third-order valence-electron chi connectivity index (χ3n) is 4.62. The Kier molecular flexibility index (Phi) is 3.90. The summed E-state index contributed by atoms with van der Waals surface area (Å²) >= 11 is 0. The molecular weight excluding hydrogens is 318 g/mol. The monoisotopic (exact) mass is 335 g/mol. The third kappa shape index (κ3) is 2.74. The fourth-order valence-electron chi connectivity index (χ4n) is 3.44. The maximum absolute atomic E-state index is 12.2. The van der Waals surface area contributed by atoms with Crippen molar-refractivity contribution in [3.05, 3.63) is 24.7 Å². The van der Waals surface area contributed by atoms with Gasteiger partial charge in [-0.15, -0.1) is 5.10 Å². The fourth-order valence-corrected chi connectivity index (χ4v) is 3.44. The Bertz CT molecular complexity index is 974. The minimum atomic E-state index is -0.150. The molecule has 2 N–H and O–H groups in total. The first kappa shape index (κ1) is 15.3. The molecule has 1 fully saturated rings. The molecule has 0 aromatic carbocycles. The van der Waals surface area contributed by atoms with Crippen LogP contribution in [0.1, 0.15) is 12.8 Å². The highest BCUT2D eigenvalue weighted by Gasteiger charge is 2.28. The number of anilines is 1. The zero-order valence-corrected chi connectivity index (χ0v) is 13.6. The van der Waals surface area contributed by atoms with Gasteiger partial charge in [-0.1, -0.05) is 0 Å². The fraction of sp³-hybridized carbons (Fsp3) is 0.353. The SMILES string of the molecule is N#CCNC(=O)C1CCCN(c2nncc3cnc4[nH]ccc4c23)C1. The van der Waals surface area contributed by atoms with E-state index in [0.29, 0.717) is 6.54 Å². The molecule has 3 aromatic heterocycles. The molecule has 8 nitrogen and oxygen atoms in total. The first-order valence-corrected chi connectivity index (χ1v) is 8.25. The molecule has 1 saturated heterocycles. The average molecular weight is 335 g/mol. The number of aromatic nitrogens is 4. The molecule has 3 aromatic rings. The van der Waals surface area contributed by atoms with E-state index in [4.69, 9.17) is 5.26 Å². The number of rotatable bonds is 3. The first-order chi connectivity index (χ1) is 12.3. The summed E-state index contributed by atoms with van der Waals surface area (Å²) in [5.41, 5.74) is 0.807. The van der Waals surface area contributed by atoms with Crippen LogP contribution in [0.15, 0.2) is 24.7 Å². The van der Waals surface area contributed by atoms with Crippen molar-refractivity contribution >= 4 is 33.5 Å². The van der Waals surface area contributed by atoms with Crippen molar-refractivity contribution in [3.8, 4) is 6.07 Å². The van der Waals surface area contributed by atoms with Crippen LogP contribution in [0.3, 0.4) is 0 Å². The van der Waals surface area contributed by atoms with Gasteiger partial charge in [-0.2, -0.15) is 10.4 Å². The van der Waals surface area contributed by atoms with Crippen molar-refractivity contribution in [3.63, 3.8) is 0 Å². The van der Waals surface area contributed by atoms with Crippen molar-refractivity contribution in [2.45, 2.75) is 12.8 Å². The van der Waals surface area contributed by atoms with Gasteiger partial charge in [-0.3, -0.25) is 4.79 Å². The maximum Gasteiger partial charge on any atom is 0.225 e. The number of amides is 1. The molecule has 1 aliphatic rings. The maximum atomic E-state index is 12.2. The Morgan fingerprint density at radius 2 is 2.40 bits per heavy atom. The molecule has 1 atom stereocenters. The molecule has 0 saturated carbocycles. The summed E-state index contributed by atoms with van der Waals surface area (Å²) in [6.45, 7) is 1.43. The van der Waals surface area contributed by atoms with Crippen LogP contribution in [-0.4, -0.2) is 45.7 Å². The predicted octanol–water partition coefficient (Wildman–Crippen LogP) is 1.36. The van der Waals surface area contributed by atoms with Gasteiger partial charge in [-0.25, -0.2) is 4.98 Å². The van der Waals surface area contributed by atoms with Crippen LogP contribution < -0.4 is 10.2 Å². The van der Waals surface area contributed by atoms with E-state index in [9.17, 15) is 4.79 Å². The van der Waals surface area contributed by atoms with E-state index in [1.54, 1.807) is 12.4 Å². The standard InChI is InChI=1S/C17H17N7O/c18-4-6-20-17(25)11-2-1-7-24(10-11)16-14-12(9-22-23-16)8-21-15-13(14)3-5-19-15/h3,5,8-9,11H,1-2,6-7,10H2,(H,19,21)(H,20,25). The molecule has 4 heterocycles. The Labute approximate surface area is 143 Å². The number of nitrogens with one attached hydrogen (secondary N) is 2. The Morgan fingerprint density at radius 1 is 1.48 bits per heavy atom. The van der Waals surface area contributed by atoms with Gasteiger partial charge >= 0.3 is 0 Å². The highest BCUT2D eigenvalue weighted by molar-refractivity contribution is 6.10. The second kappa shape index (κ2) is 6.36. The van der Waals surface area contributed by atoms with Crippen LogP contribution in [-0.2, 0) is 4.79 Å². The predicted molar refractivity (Wildman–Crippen MR) is 92.7 cm³/mol. The number of hydrogen-bond acceptors (Lipinski definition) is 6. The average Bonchev–Trinajstić information content (AvgIpc) is 3.14. The highest BCUT2D eigenvalue weighted by atomic mass is 16.1. The van der Waals surface area contributed by atoms with Gasteiger partial charge in [-0.05, 0) is 18.9 Å². The quantitative estimate of drug-likeness (QED) is 0.699. The van der Waals surface area contributed by atoms with Crippen LogP contribution in [0.4, 0.5) is 5.82 Å². The minimum absolute atomic E-state index is 0.0407. The summed E-state index contributed by atoms with van der Waals surface area (Å²) in [5, 5.41) is 22.7. The topological polar surface area (TPSA) is 111 Å². The Balaban J connectivity index is 1.70. The molecule has 0 radical (unpaired) electrons. The molecule has 126 valence electrons. The largest absolute Gasteiger partial charge is 0.354 e. The molecule has 1 amide bonds. The smallest absolute Gasteiger partial charge is 0.225 e. The van der Waals surface area contributed by atoms with E-state index in [-0.39, 0.29) is 18.4 Å². The number of carbonyl (C=O) groups excluding carboxylic acids is 1. The zero-order chi connectivity index (χ0) is 17.2. The summed E-state index contributed by atoms with van der Waals surface area (Å²) in [7, 11) is 0. The van der Waals surface area contributed by atoms with Crippen molar-refractivity contribution in [1.82, 2.24) is 25.5 Å². The van der Waals surface area contributed by atoms with Gasteiger partial charge in [0.1, 0.15) is 12.2 Å². The third-order valence-corrected chi connectivity index (χ3v) is 4.62. The highest BCUT2D eigenvalue weighted by Crippen LogP contribution is 2.32. The molecule has 0 spiro atoms. The first-order valence-electron chi connectivity index (χ1n) is 8.25. The normalized spacial score (nSPS) is 17.6. The van der Waals surface area contributed by atoms with E-state index < -0.39 is 0 Å². The molecule has 1 unspecified atom stereocenters. The number of H-pyrrole nitrogens is 1. The molecule has 4 rings (SSSR count). The molecule has 25 heavy (non-hydrogen) atoms. The van der Waals surface area contributed by atoms with Crippen LogP contribution in [0.5, 0.6) is 0 Å². The molecular formula is C17H17N7O. The Morgan fingerprint density at radius 3 is 3.28 bits per heavy atom. The summed E-state index contributed by atoms with van der Waals surface area (Å²) in [6.07, 6.45) is 7.06. The number of carbonyl (C=O) groups is 1. The van der Waals surface area contributed by atoms with E-state index in [2.05, 4.69) is 30.4 Å². The second-order valence-corrected chi connectivity index (χ2v) is 6.16.